The average molecular weight is 365 g/mol. The lowest BCUT2D eigenvalue weighted by Crippen LogP contribution is -2.03. The predicted octanol–water partition coefficient (Wildman–Crippen LogP) is 4.06. The third kappa shape index (κ3) is 2.88. The number of aromatic nitrogens is 2. The molecule has 1 N–H and O–H groups in total. The van der Waals surface area contributed by atoms with Crippen LogP contribution in [0.25, 0.3) is 11.4 Å². The Labute approximate surface area is 127 Å². The van der Waals surface area contributed by atoms with Crippen LogP contribution >= 0.6 is 22.6 Å². The van der Waals surface area contributed by atoms with E-state index in [4.69, 9.17) is 0 Å². The average Bonchev–Trinajstić information content (AvgIpc) is 3.26. The minimum absolute atomic E-state index is 0.790. The van der Waals surface area contributed by atoms with Crippen LogP contribution in [0, 0.1) is 3.57 Å². The molecular weight excluding hydrogens is 349 g/mol. The lowest BCUT2D eigenvalue weighted by atomic mass is 10.1. The van der Waals surface area contributed by atoms with Crippen molar-refractivity contribution < 1.29 is 0 Å². The maximum Gasteiger partial charge on any atom is 0.161 e. The highest BCUT2D eigenvalue weighted by Crippen LogP contribution is 2.40. The second kappa shape index (κ2) is 5.45. The topological polar surface area (TPSA) is 37.8 Å². The molecule has 98 valence electrons. The van der Waals surface area contributed by atoms with Crippen molar-refractivity contribution in [1.82, 2.24) is 9.97 Å². The van der Waals surface area contributed by atoms with Crippen LogP contribution in [0.15, 0.2) is 30.5 Å². The third-order valence-corrected chi connectivity index (χ3v) is 4.10. The third-order valence-electron chi connectivity index (χ3n) is 3.31. The Hall–Kier alpha value is -1.17. The van der Waals surface area contributed by atoms with Crippen LogP contribution in [0.5, 0.6) is 0 Å². The van der Waals surface area contributed by atoms with Crippen LogP contribution in [0.2, 0.25) is 0 Å². The summed E-state index contributed by atoms with van der Waals surface area (Å²) in [4.78, 5) is 9.02. The number of rotatable bonds is 4. The van der Waals surface area contributed by atoms with Crippen molar-refractivity contribution in [3.63, 3.8) is 0 Å². The number of nitrogens with zero attached hydrogens (tertiary/aromatic N) is 2. The number of benzene rings is 1. The zero-order valence-corrected chi connectivity index (χ0v) is 13.0. The molecule has 3 rings (SSSR count). The van der Waals surface area contributed by atoms with Gasteiger partial charge >= 0.3 is 0 Å². The molecule has 0 radical (unpaired) electrons. The van der Waals surface area contributed by atoms with Crippen molar-refractivity contribution >= 4 is 28.4 Å². The highest BCUT2D eigenvalue weighted by Gasteiger charge is 2.23. The molecule has 1 saturated carbocycles. The molecule has 0 aliphatic heterocycles. The summed E-state index contributed by atoms with van der Waals surface area (Å²) in [5.74, 6) is 2.50. The summed E-state index contributed by atoms with van der Waals surface area (Å²) in [5.41, 5.74) is 2.53. The van der Waals surface area contributed by atoms with E-state index in [1.807, 2.05) is 6.20 Å². The van der Waals surface area contributed by atoms with E-state index in [2.05, 4.69) is 69.1 Å². The molecule has 1 aliphatic carbocycles. The zero-order chi connectivity index (χ0) is 13.2. The summed E-state index contributed by atoms with van der Waals surface area (Å²) in [6.07, 6.45) is 4.55. The maximum atomic E-state index is 4.59. The van der Waals surface area contributed by atoms with Crippen LogP contribution in [-0.4, -0.2) is 16.5 Å². The lowest BCUT2D eigenvalue weighted by Gasteiger charge is -2.07. The molecule has 4 heteroatoms. The van der Waals surface area contributed by atoms with Gasteiger partial charge in [0.25, 0.3) is 0 Å². The summed E-state index contributed by atoms with van der Waals surface area (Å²) in [6, 6.07) is 8.68. The van der Waals surface area contributed by atoms with E-state index in [1.165, 1.54) is 18.4 Å². The molecule has 1 heterocycles. The molecule has 0 unspecified atom stereocenters. The fraction of sp³-hybridized carbons (Fsp3) is 0.333. The van der Waals surface area contributed by atoms with Gasteiger partial charge in [0.1, 0.15) is 5.82 Å². The van der Waals surface area contributed by atoms with Crippen molar-refractivity contribution in [3.05, 3.63) is 39.6 Å². The minimum Gasteiger partial charge on any atom is -0.369 e. The number of halogens is 1. The van der Waals surface area contributed by atoms with Gasteiger partial charge in [0.15, 0.2) is 5.82 Å². The van der Waals surface area contributed by atoms with Gasteiger partial charge in [-0.05, 0) is 53.8 Å². The maximum absolute atomic E-state index is 4.59. The Morgan fingerprint density at radius 2 is 2.00 bits per heavy atom. The molecule has 19 heavy (non-hydrogen) atoms. The summed E-state index contributed by atoms with van der Waals surface area (Å²) < 4.78 is 1.05. The van der Waals surface area contributed by atoms with Crippen LogP contribution in [-0.2, 0) is 0 Å². The normalized spacial score (nSPS) is 14.4. The van der Waals surface area contributed by atoms with E-state index in [0.717, 1.165) is 33.2 Å². The highest BCUT2D eigenvalue weighted by atomic mass is 127. The number of hydrogen-bond acceptors (Lipinski definition) is 3. The largest absolute Gasteiger partial charge is 0.369 e. The van der Waals surface area contributed by atoms with Gasteiger partial charge in [-0.2, -0.15) is 0 Å². The highest BCUT2D eigenvalue weighted by molar-refractivity contribution is 14.1. The number of hydrogen-bond donors (Lipinski definition) is 1. The van der Waals surface area contributed by atoms with E-state index in [-0.39, 0.29) is 0 Å². The molecule has 1 aromatic carbocycles. The van der Waals surface area contributed by atoms with Gasteiger partial charge in [0.05, 0.1) is 3.57 Å². The van der Waals surface area contributed by atoms with Crippen LogP contribution in [0.3, 0.4) is 0 Å². The monoisotopic (exact) mass is 365 g/mol. The molecule has 1 aliphatic rings. The molecule has 3 nitrogen and oxygen atoms in total. The molecule has 0 amide bonds. The first kappa shape index (κ1) is 12.8. The lowest BCUT2D eigenvalue weighted by molar-refractivity contribution is 1.10. The Morgan fingerprint density at radius 3 is 2.63 bits per heavy atom. The summed E-state index contributed by atoms with van der Waals surface area (Å²) in [5, 5.41) is 3.27. The molecule has 1 aromatic heterocycles. The van der Waals surface area contributed by atoms with Gasteiger partial charge in [-0.1, -0.05) is 24.3 Å². The molecule has 0 saturated heterocycles. The van der Waals surface area contributed by atoms with Gasteiger partial charge in [-0.15, -0.1) is 0 Å². The van der Waals surface area contributed by atoms with Crippen LogP contribution in [0.4, 0.5) is 5.82 Å². The van der Waals surface area contributed by atoms with E-state index < -0.39 is 0 Å². The van der Waals surface area contributed by atoms with E-state index in [9.17, 15) is 0 Å². The molecule has 2 aromatic rings. The zero-order valence-electron chi connectivity index (χ0n) is 10.9. The Balaban J connectivity index is 1.89. The second-order valence-electron chi connectivity index (χ2n) is 4.82. The Bertz CT molecular complexity index is 576. The Morgan fingerprint density at radius 1 is 1.26 bits per heavy atom. The van der Waals surface area contributed by atoms with Crippen molar-refractivity contribution in [2.45, 2.75) is 25.7 Å². The summed E-state index contributed by atoms with van der Waals surface area (Å²) >= 11 is 2.25. The fourth-order valence-electron chi connectivity index (χ4n) is 2.12. The summed E-state index contributed by atoms with van der Waals surface area (Å²) in [6.45, 7) is 2.94. The first-order valence-electron chi connectivity index (χ1n) is 6.64. The minimum atomic E-state index is 0.790. The standard InChI is InChI=1S/C15H16IN3/c1-2-17-15-13(16)9-18-14(19-15)12-7-5-11(6-8-12)10-3-4-10/h5-10H,2-4H2,1H3,(H,17,18,19). The first-order chi connectivity index (χ1) is 9.28. The van der Waals surface area contributed by atoms with Gasteiger partial charge in [-0.25, -0.2) is 9.97 Å². The first-order valence-corrected chi connectivity index (χ1v) is 7.72. The van der Waals surface area contributed by atoms with Gasteiger partial charge in [0.2, 0.25) is 0 Å². The molecule has 0 atom stereocenters. The summed E-state index contributed by atoms with van der Waals surface area (Å²) in [7, 11) is 0. The van der Waals surface area contributed by atoms with Gasteiger partial charge < -0.3 is 5.32 Å². The fourth-order valence-corrected chi connectivity index (χ4v) is 2.57. The quantitative estimate of drug-likeness (QED) is 0.831. The number of anilines is 1. The SMILES string of the molecule is CCNc1nc(-c2ccc(C3CC3)cc2)ncc1I. The van der Waals surface area contributed by atoms with Crippen LogP contribution < -0.4 is 5.32 Å². The van der Waals surface area contributed by atoms with E-state index in [1.54, 1.807) is 0 Å². The van der Waals surface area contributed by atoms with Gasteiger partial charge in [-0.3, -0.25) is 0 Å². The van der Waals surface area contributed by atoms with Gasteiger partial charge in [0, 0.05) is 18.3 Å². The van der Waals surface area contributed by atoms with E-state index in [0.29, 0.717) is 0 Å². The predicted molar refractivity (Wildman–Crippen MR) is 86.3 cm³/mol. The second-order valence-corrected chi connectivity index (χ2v) is 5.98. The van der Waals surface area contributed by atoms with Crippen molar-refractivity contribution in [1.29, 1.82) is 0 Å². The number of nitrogens with one attached hydrogen (secondary N) is 1. The van der Waals surface area contributed by atoms with Crippen LogP contribution in [0.1, 0.15) is 31.2 Å². The molecule has 0 spiro atoms. The molecular formula is C15H16IN3. The van der Waals surface area contributed by atoms with Crippen molar-refractivity contribution in [2.24, 2.45) is 0 Å². The van der Waals surface area contributed by atoms with Crippen molar-refractivity contribution in [3.8, 4) is 11.4 Å². The smallest absolute Gasteiger partial charge is 0.161 e. The van der Waals surface area contributed by atoms with Crippen molar-refractivity contribution in [2.75, 3.05) is 11.9 Å². The van der Waals surface area contributed by atoms with E-state index >= 15 is 0 Å². The molecule has 1 fully saturated rings. The molecule has 0 bridgehead atoms. The Kier molecular flexibility index (Phi) is 3.68.